The lowest BCUT2D eigenvalue weighted by atomic mass is 9.69. The third-order valence-corrected chi connectivity index (χ3v) is 15.4. The smallest absolute Gasteiger partial charge is 0.136 e. The van der Waals surface area contributed by atoms with Crippen LogP contribution in [0, 0.1) is 0 Å². The van der Waals surface area contributed by atoms with Crippen LogP contribution >= 0.6 is 0 Å². The van der Waals surface area contributed by atoms with E-state index in [4.69, 9.17) is 4.42 Å². The second-order valence-corrected chi connectivity index (χ2v) is 18.6. The Bertz CT molecular complexity index is 4140. The highest BCUT2D eigenvalue weighted by molar-refractivity contribution is 6.36. The minimum atomic E-state index is -0.399. The number of allylic oxidation sites excluding steroid dienone is 4. The van der Waals surface area contributed by atoms with Gasteiger partial charge in [0.15, 0.2) is 0 Å². The standard InChI is InChI=1S/C65H41NO/c1-2-17-41-38-42(33-32-40(41)16-1)66(43-34-35-47-46-20-7-12-29-57(46)65(58(47)39-43)55-27-10-5-18-44(55)45-19-6-11-28-56(45)65)59-30-13-8-21-48(59)49-25-15-26-51-53-36-37-61-64(54-24-9-14-31-60(54)67-61)63(53)52-23-4-3-22-50(52)62(49)51/h1-18,20-39,45H,19H2. The molecule has 0 radical (unpaired) electrons. The second-order valence-electron chi connectivity index (χ2n) is 18.6. The van der Waals surface area contributed by atoms with Gasteiger partial charge >= 0.3 is 0 Å². The fourth-order valence-corrected chi connectivity index (χ4v) is 12.8. The summed E-state index contributed by atoms with van der Waals surface area (Å²) < 4.78 is 6.48. The molecule has 312 valence electrons. The molecular formula is C65H41NO. The maximum Gasteiger partial charge on any atom is 0.136 e. The molecule has 0 N–H and O–H groups in total. The molecule has 0 bridgehead atoms. The Morgan fingerprint density at radius 3 is 1.96 bits per heavy atom. The first-order valence-electron chi connectivity index (χ1n) is 23.5. The Balaban J connectivity index is 1.02. The van der Waals surface area contributed by atoms with E-state index in [1.807, 2.05) is 0 Å². The molecule has 0 saturated carbocycles. The zero-order valence-electron chi connectivity index (χ0n) is 36.6. The van der Waals surface area contributed by atoms with E-state index < -0.39 is 5.41 Å². The van der Waals surface area contributed by atoms with Gasteiger partial charge in [0.25, 0.3) is 0 Å². The molecule has 11 aromatic carbocycles. The van der Waals surface area contributed by atoms with E-state index in [1.165, 1.54) is 98.6 Å². The monoisotopic (exact) mass is 851 g/mol. The van der Waals surface area contributed by atoms with Crippen molar-refractivity contribution in [2.75, 3.05) is 4.90 Å². The summed E-state index contributed by atoms with van der Waals surface area (Å²) in [4.78, 5) is 2.52. The third kappa shape index (κ3) is 4.94. The van der Waals surface area contributed by atoms with E-state index in [-0.39, 0.29) is 0 Å². The van der Waals surface area contributed by atoms with Gasteiger partial charge in [-0.3, -0.25) is 0 Å². The number of fused-ring (bicyclic) bond motifs is 21. The zero-order chi connectivity index (χ0) is 43.8. The van der Waals surface area contributed by atoms with Gasteiger partial charge < -0.3 is 9.32 Å². The normalized spacial score (nSPS) is 16.8. The molecule has 0 saturated heterocycles. The molecule has 1 spiro atoms. The van der Waals surface area contributed by atoms with Crippen LogP contribution in [0.5, 0.6) is 0 Å². The summed E-state index contributed by atoms with van der Waals surface area (Å²) >= 11 is 0. The highest BCUT2D eigenvalue weighted by Gasteiger charge is 2.55. The summed E-state index contributed by atoms with van der Waals surface area (Å²) in [7, 11) is 0. The molecule has 0 amide bonds. The number of nitrogens with zero attached hydrogens (tertiary/aromatic N) is 1. The molecule has 2 atom stereocenters. The Morgan fingerprint density at radius 2 is 1.06 bits per heavy atom. The number of rotatable bonds is 4. The Hall–Kier alpha value is -8.46. The predicted molar refractivity (Wildman–Crippen MR) is 280 cm³/mol. The minimum Gasteiger partial charge on any atom is -0.456 e. The largest absolute Gasteiger partial charge is 0.456 e. The lowest BCUT2D eigenvalue weighted by molar-refractivity contribution is 0.669. The first kappa shape index (κ1) is 36.8. The maximum absolute atomic E-state index is 6.48. The molecule has 2 nitrogen and oxygen atoms in total. The highest BCUT2D eigenvalue weighted by Crippen LogP contribution is 2.65. The molecule has 3 aliphatic rings. The summed E-state index contributed by atoms with van der Waals surface area (Å²) in [5, 5.41) is 12.1. The van der Waals surface area contributed by atoms with Crippen molar-refractivity contribution in [1.82, 2.24) is 0 Å². The molecule has 12 aromatic rings. The molecule has 2 unspecified atom stereocenters. The molecule has 3 aliphatic carbocycles. The van der Waals surface area contributed by atoms with Crippen LogP contribution in [0.15, 0.2) is 241 Å². The molecule has 15 rings (SSSR count). The van der Waals surface area contributed by atoms with Crippen molar-refractivity contribution in [3.63, 3.8) is 0 Å². The van der Waals surface area contributed by atoms with E-state index in [0.29, 0.717) is 5.92 Å². The van der Waals surface area contributed by atoms with Gasteiger partial charge in [0.2, 0.25) is 0 Å². The van der Waals surface area contributed by atoms with Crippen LogP contribution in [-0.4, -0.2) is 0 Å². The summed E-state index contributed by atoms with van der Waals surface area (Å²) in [6, 6.07) is 79.2. The van der Waals surface area contributed by atoms with E-state index in [9.17, 15) is 0 Å². The molecule has 0 aliphatic heterocycles. The Kier molecular flexibility index (Phi) is 7.57. The van der Waals surface area contributed by atoms with E-state index in [0.717, 1.165) is 40.0 Å². The molecule has 67 heavy (non-hydrogen) atoms. The quantitative estimate of drug-likeness (QED) is 0.164. The van der Waals surface area contributed by atoms with Gasteiger partial charge in [0.1, 0.15) is 11.2 Å². The van der Waals surface area contributed by atoms with Crippen molar-refractivity contribution in [3.8, 4) is 22.3 Å². The van der Waals surface area contributed by atoms with Crippen molar-refractivity contribution in [2.45, 2.75) is 17.8 Å². The van der Waals surface area contributed by atoms with Crippen LogP contribution < -0.4 is 4.90 Å². The minimum absolute atomic E-state index is 0.335. The van der Waals surface area contributed by atoms with Crippen LogP contribution in [0.25, 0.3) is 87.3 Å². The van der Waals surface area contributed by atoms with Crippen molar-refractivity contribution in [1.29, 1.82) is 0 Å². The fourth-order valence-electron chi connectivity index (χ4n) is 12.8. The summed E-state index contributed by atoms with van der Waals surface area (Å²) in [5.74, 6) is 0.335. The molecular weight excluding hydrogens is 811 g/mol. The predicted octanol–water partition coefficient (Wildman–Crippen LogP) is 17.6. The lowest BCUT2D eigenvalue weighted by Crippen LogP contribution is -2.27. The number of hydrogen-bond acceptors (Lipinski definition) is 2. The summed E-state index contributed by atoms with van der Waals surface area (Å²) in [6.07, 6.45) is 8.08. The van der Waals surface area contributed by atoms with Gasteiger partial charge in [-0.2, -0.15) is 0 Å². The van der Waals surface area contributed by atoms with Gasteiger partial charge in [-0.1, -0.05) is 182 Å². The van der Waals surface area contributed by atoms with Gasteiger partial charge in [0, 0.05) is 39.0 Å². The van der Waals surface area contributed by atoms with Crippen LogP contribution in [0.1, 0.15) is 34.6 Å². The maximum atomic E-state index is 6.48. The second kappa shape index (κ2) is 13.8. The Morgan fingerprint density at radius 1 is 0.418 bits per heavy atom. The van der Waals surface area contributed by atoms with Gasteiger partial charge in [-0.05, 0) is 137 Å². The molecule has 1 heterocycles. The topological polar surface area (TPSA) is 16.4 Å². The fraction of sp³-hybridized carbons (Fsp3) is 0.0462. The van der Waals surface area contributed by atoms with E-state index in [1.54, 1.807) is 0 Å². The third-order valence-electron chi connectivity index (χ3n) is 15.4. The van der Waals surface area contributed by atoms with Crippen LogP contribution in [0.3, 0.4) is 0 Å². The lowest BCUT2D eigenvalue weighted by Gasteiger charge is -2.34. The first-order valence-corrected chi connectivity index (χ1v) is 23.5. The average molecular weight is 852 g/mol. The zero-order valence-corrected chi connectivity index (χ0v) is 36.6. The average Bonchev–Trinajstić information content (AvgIpc) is 4.03. The number of hydrogen-bond donors (Lipinski definition) is 0. The number of para-hydroxylation sites is 2. The number of anilines is 3. The van der Waals surface area contributed by atoms with Crippen LogP contribution in [-0.2, 0) is 5.41 Å². The van der Waals surface area contributed by atoms with Crippen molar-refractivity contribution >= 4 is 82.1 Å². The van der Waals surface area contributed by atoms with Crippen molar-refractivity contribution in [3.05, 3.63) is 258 Å². The summed E-state index contributed by atoms with van der Waals surface area (Å²) in [6.45, 7) is 0. The molecule has 1 aromatic heterocycles. The van der Waals surface area contributed by atoms with E-state index in [2.05, 4.69) is 235 Å². The molecule has 2 heteroatoms. The van der Waals surface area contributed by atoms with Crippen LogP contribution in [0.4, 0.5) is 17.1 Å². The summed E-state index contributed by atoms with van der Waals surface area (Å²) in [5.41, 5.74) is 16.9. The Labute approximate surface area is 388 Å². The SMILES string of the molecule is C1=CCC2C(=C1)C1(c3ccccc3-c3ccc(N(c4ccc5ccccc5c4)c4ccccc4-c4cccc5c6ccc7oc8ccccc8c7c6c6ccccc6c45)cc31)c1ccccc12. The molecule has 0 fully saturated rings. The van der Waals surface area contributed by atoms with Gasteiger partial charge in [0.05, 0.1) is 11.1 Å². The van der Waals surface area contributed by atoms with Crippen LogP contribution in [0.2, 0.25) is 0 Å². The van der Waals surface area contributed by atoms with Crippen molar-refractivity contribution in [2.24, 2.45) is 0 Å². The van der Waals surface area contributed by atoms with Crippen molar-refractivity contribution < 1.29 is 4.42 Å². The van der Waals surface area contributed by atoms with Gasteiger partial charge in [-0.15, -0.1) is 0 Å². The van der Waals surface area contributed by atoms with Gasteiger partial charge in [-0.25, -0.2) is 0 Å². The number of benzene rings is 11. The number of furan rings is 1. The van der Waals surface area contributed by atoms with E-state index >= 15 is 0 Å². The first-order chi connectivity index (χ1) is 33.3. The highest BCUT2D eigenvalue weighted by atomic mass is 16.3.